The minimum absolute atomic E-state index is 0.117. The smallest absolute Gasteiger partial charge is 0.207 e. The molecule has 108 valence electrons. The molecule has 1 aromatic carbocycles. The van der Waals surface area contributed by atoms with E-state index >= 15 is 0 Å². The van der Waals surface area contributed by atoms with Crippen molar-refractivity contribution in [2.45, 2.75) is 24.9 Å². The van der Waals surface area contributed by atoms with Crippen LogP contribution < -0.4 is 0 Å². The summed E-state index contributed by atoms with van der Waals surface area (Å²) in [7, 11) is -4.14. The van der Waals surface area contributed by atoms with E-state index in [-0.39, 0.29) is 17.6 Å². The number of alkyl halides is 3. The summed E-state index contributed by atoms with van der Waals surface area (Å²) in [5, 5.41) is 0. The Morgan fingerprint density at radius 2 is 1.74 bits per heavy atom. The molecule has 0 atom stereocenters. The third-order valence-corrected chi connectivity index (χ3v) is 5.17. The fraction of sp³-hybridized carbons (Fsp3) is 0.455. The van der Waals surface area contributed by atoms with Crippen LogP contribution >= 0.6 is 15.9 Å². The highest BCUT2D eigenvalue weighted by Crippen LogP contribution is 2.36. The summed E-state index contributed by atoms with van der Waals surface area (Å²) >= 11 is 2.92. The summed E-state index contributed by atoms with van der Waals surface area (Å²) in [6.45, 7) is 3.39. The first-order chi connectivity index (χ1) is 8.64. The molecule has 0 bridgehead atoms. The first-order valence-electron chi connectivity index (χ1n) is 5.51. The van der Waals surface area contributed by atoms with Gasteiger partial charge in [-0.2, -0.15) is 17.5 Å². The van der Waals surface area contributed by atoms with Gasteiger partial charge in [0.05, 0.1) is 10.5 Å². The highest BCUT2D eigenvalue weighted by Gasteiger charge is 2.38. The van der Waals surface area contributed by atoms with Crippen molar-refractivity contribution in [3.8, 4) is 0 Å². The normalized spacial score (nSPS) is 13.0. The second-order valence-electron chi connectivity index (χ2n) is 3.73. The number of nitrogens with zero attached hydrogens (tertiary/aromatic N) is 1. The molecular formula is C11H13BrF3NO2S. The van der Waals surface area contributed by atoms with E-state index in [1.54, 1.807) is 13.8 Å². The van der Waals surface area contributed by atoms with Gasteiger partial charge in [0.15, 0.2) is 0 Å². The lowest BCUT2D eigenvalue weighted by molar-refractivity contribution is -0.140. The Hall–Kier alpha value is -0.600. The molecule has 0 aliphatic carbocycles. The van der Waals surface area contributed by atoms with E-state index in [0.717, 1.165) is 16.4 Å². The maximum Gasteiger partial charge on any atom is 0.417 e. The van der Waals surface area contributed by atoms with Crippen molar-refractivity contribution < 1.29 is 21.6 Å². The molecule has 8 heteroatoms. The number of hydrogen-bond donors (Lipinski definition) is 0. The first-order valence-corrected chi connectivity index (χ1v) is 7.74. The van der Waals surface area contributed by atoms with Crippen LogP contribution in [0.3, 0.4) is 0 Å². The Balaban J connectivity index is 3.51. The molecule has 0 amide bonds. The Morgan fingerprint density at radius 3 is 2.16 bits per heavy atom. The molecule has 0 aliphatic heterocycles. The van der Waals surface area contributed by atoms with E-state index in [0.29, 0.717) is 0 Å². The zero-order valence-electron chi connectivity index (χ0n) is 10.3. The maximum atomic E-state index is 12.9. The summed E-state index contributed by atoms with van der Waals surface area (Å²) in [4.78, 5) is -0.716. The van der Waals surface area contributed by atoms with Crippen molar-refractivity contribution in [2.75, 3.05) is 13.1 Å². The zero-order chi connectivity index (χ0) is 14.8. The molecule has 0 heterocycles. The van der Waals surface area contributed by atoms with Gasteiger partial charge in [0, 0.05) is 17.6 Å². The summed E-state index contributed by atoms with van der Waals surface area (Å²) in [5.41, 5.74) is -1.16. The summed E-state index contributed by atoms with van der Waals surface area (Å²) in [6, 6.07) is 3.03. The van der Waals surface area contributed by atoms with Gasteiger partial charge >= 0.3 is 6.18 Å². The monoisotopic (exact) mass is 359 g/mol. The Kier molecular flexibility index (Phi) is 5.02. The first kappa shape index (κ1) is 16.5. The molecular weight excluding hydrogens is 347 g/mol. The fourth-order valence-electron chi connectivity index (χ4n) is 1.65. The molecule has 0 saturated heterocycles. The summed E-state index contributed by atoms with van der Waals surface area (Å²) in [5.74, 6) is 0. The molecule has 0 aromatic heterocycles. The zero-order valence-corrected chi connectivity index (χ0v) is 12.7. The van der Waals surface area contributed by atoms with Gasteiger partial charge in [0.25, 0.3) is 0 Å². The van der Waals surface area contributed by atoms with Gasteiger partial charge in [-0.1, -0.05) is 29.8 Å². The van der Waals surface area contributed by atoms with Gasteiger partial charge in [-0.3, -0.25) is 0 Å². The van der Waals surface area contributed by atoms with E-state index in [1.165, 1.54) is 6.07 Å². The molecule has 19 heavy (non-hydrogen) atoms. The quantitative estimate of drug-likeness (QED) is 0.824. The molecule has 0 radical (unpaired) electrons. The largest absolute Gasteiger partial charge is 0.417 e. The lowest BCUT2D eigenvalue weighted by Gasteiger charge is -2.21. The van der Waals surface area contributed by atoms with Gasteiger partial charge in [-0.25, -0.2) is 8.42 Å². The second kappa shape index (κ2) is 5.80. The van der Waals surface area contributed by atoms with Crippen LogP contribution in [0.4, 0.5) is 13.2 Å². The van der Waals surface area contributed by atoms with Gasteiger partial charge < -0.3 is 0 Å². The second-order valence-corrected chi connectivity index (χ2v) is 6.55. The van der Waals surface area contributed by atoms with Crippen LogP contribution in [-0.4, -0.2) is 25.8 Å². The number of benzene rings is 1. The minimum atomic E-state index is -4.72. The molecule has 0 fully saturated rings. The maximum absolute atomic E-state index is 12.9. The van der Waals surface area contributed by atoms with E-state index in [1.807, 2.05) is 0 Å². The highest BCUT2D eigenvalue weighted by molar-refractivity contribution is 9.10. The number of hydrogen-bond acceptors (Lipinski definition) is 2. The number of rotatable bonds is 4. The van der Waals surface area contributed by atoms with Crippen molar-refractivity contribution in [1.82, 2.24) is 4.31 Å². The average Bonchev–Trinajstić information content (AvgIpc) is 2.28. The van der Waals surface area contributed by atoms with Gasteiger partial charge in [-0.15, -0.1) is 0 Å². The van der Waals surface area contributed by atoms with Gasteiger partial charge in [0.2, 0.25) is 10.0 Å². The number of sulfonamides is 1. The van der Waals surface area contributed by atoms with Crippen LogP contribution in [0.25, 0.3) is 0 Å². The molecule has 0 aliphatic rings. The predicted molar refractivity (Wildman–Crippen MR) is 69.3 cm³/mol. The van der Waals surface area contributed by atoms with E-state index in [9.17, 15) is 21.6 Å². The van der Waals surface area contributed by atoms with Crippen molar-refractivity contribution in [1.29, 1.82) is 0 Å². The molecule has 1 rings (SSSR count). The van der Waals surface area contributed by atoms with Crippen molar-refractivity contribution in [2.24, 2.45) is 0 Å². The SMILES string of the molecule is CCN(CC)S(=O)(=O)c1ccc(Br)cc1C(F)(F)F. The van der Waals surface area contributed by atoms with Crippen LogP contribution in [0.5, 0.6) is 0 Å². The van der Waals surface area contributed by atoms with Crippen LogP contribution in [0.1, 0.15) is 19.4 Å². The van der Waals surface area contributed by atoms with Crippen LogP contribution in [0.2, 0.25) is 0 Å². The Bertz CT molecular complexity index is 554. The van der Waals surface area contributed by atoms with E-state index in [2.05, 4.69) is 15.9 Å². The van der Waals surface area contributed by atoms with Crippen molar-refractivity contribution in [3.05, 3.63) is 28.2 Å². The number of halogens is 4. The van der Waals surface area contributed by atoms with Crippen LogP contribution in [-0.2, 0) is 16.2 Å². The minimum Gasteiger partial charge on any atom is -0.207 e. The molecule has 1 aromatic rings. The predicted octanol–water partition coefficient (Wildman–Crippen LogP) is 3.50. The van der Waals surface area contributed by atoms with Crippen LogP contribution in [0.15, 0.2) is 27.6 Å². The Labute approximate surface area is 118 Å². The van der Waals surface area contributed by atoms with Crippen molar-refractivity contribution in [3.63, 3.8) is 0 Å². The Morgan fingerprint density at radius 1 is 1.21 bits per heavy atom. The van der Waals surface area contributed by atoms with Crippen molar-refractivity contribution >= 4 is 26.0 Å². The molecule has 0 N–H and O–H groups in total. The molecule has 0 spiro atoms. The summed E-state index contributed by atoms with van der Waals surface area (Å²) < 4.78 is 64.3. The third kappa shape index (κ3) is 3.49. The average molecular weight is 360 g/mol. The van der Waals surface area contributed by atoms with Crippen LogP contribution in [0, 0.1) is 0 Å². The molecule has 0 saturated carbocycles. The fourth-order valence-corrected chi connectivity index (χ4v) is 3.66. The van der Waals surface area contributed by atoms with Gasteiger partial charge in [0.1, 0.15) is 0 Å². The topological polar surface area (TPSA) is 37.4 Å². The van der Waals surface area contributed by atoms with E-state index in [4.69, 9.17) is 0 Å². The third-order valence-electron chi connectivity index (χ3n) is 2.57. The van der Waals surface area contributed by atoms with Gasteiger partial charge in [-0.05, 0) is 18.2 Å². The molecule has 0 unspecified atom stereocenters. The lowest BCUT2D eigenvalue weighted by atomic mass is 10.2. The lowest BCUT2D eigenvalue weighted by Crippen LogP contribution is -2.32. The summed E-state index contributed by atoms with van der Waals surface area (Å²) in [6.07, 6.45) is -4.72. The molecule has 3 nitrogen and oxygen atoms in total. The highest BCUT2D eigenvalue weighted by atomic mass is 79.9. The van der Waals surface area contributed by atoms with E-state index < -0.39 is 26.7 Å². The standard InChI is InChI=1S/C11H13BrF3NO2S/c1-3-16(4-2)19(17,18)10-6-5-8(12)7-9(10)11(13,14)15/h5-7H,3-4H2,1-2H3.